The molecule has 0 radical (unpaired) electrons. The highest BCUT2D eigenvalue weighted by atomic mass is 15.3. The average molecular weight is 208 g/mol. The second-order valence-corrected chi connectivity index (χ2v) is 3.62. The summed E-state index contributed by atoms with van der Waals surface area (Å²) < 4.78 is 0. The molecule has 0 fully saturated rings. The Kier molecular flexibility index (Phi) is 6.97. The van der Waals surface area contributed by atoms with Crippen molar-refractivity contribution >= 4 is 12.2 Å². The van der Waals surface area contributed by atoms with Gasteiger partial charge in [-0.05, 0) is 39.7 Å². The molecular formula is C11H20N4. The van der Waals surface area contributed by atoms with Gasteiger partial charge in [0.25, 0.3) is 0 Å². The lowest BCUT2D eigenvalue weighted by molar-refractivity contribution is 0.969. The van der Waals surface area contributed by atoms with Crippen molar-refractivity contribution in [3.05, 3.63) is 23.3 Å². The third-order valence-corrected chi connectivity index (χ3v) is 1.69. The Labute approximate surface area is 91.5 Å². The van der Waals surface area contributed by atoms with E-state index in [4.69, 9.17) is 11.5 Å². The van der Waals surface area contributed by atoms with Gasteiger partial charge in [0, 0.05) is 6.21 Å². The third kappa shape index (κ3) is 10.3. The molecule has 0 rings (SSSR count). The van der Waals surface area contributed by atoms with E-state index in [9.17, 15) is 0 Å². The van der Waals surface area contributed by atoms with Gasteiger partial charge in [0.05, 0.1) is 0 Å². The van der Waals surface area contributed by atoms with Gasteiger partial charge in [0.1, 0.15) is 0 Å². The molecule has 4 N–H and O–H groups in total. The van der Waals surface area contributed by atoms with Crippen molar-refractivity contribution in [1.29, 1.82) is 0 Å². The monoisotopic (exact) mass is 208 g/mol. The number of hydrogen-bond donors (Lipinski definition) is 2. The SMILES string of the molecule is CC(C)=CCC/C(C)=C\C=N\N=C(N)N. The second-order valence-electron chi connectivity index (χ2n) is 3.62. The Bertz CT molecular complexity index is 290. The lowest BCUT2D eigenvalue weighted by atomic mass is 10.1. The molecule has 0 aliphatic heterocycles. The van der Waals surface area contributed by atoms with E-state index in [1.54, 1.807) is 6.21 Å². The lowest BCUT2D eigenvalue weighted by Crippen LogP contribution is -2.21. The van der Waals surface area contributed by atoms with Gasteiger partial charge in [0.15, 0.2) is 0 Å². The highest BCUT2D eigenvalue weighted by Gasteiger charge is 1.86. The number of nitrogens with two attached hydrogens (primary N) is 2. The molecule has 84 valence electrons. The van der Waals surface area contributed by atoms with Crippen molar-refractivity contribution in [2.75, 3.05) is 0 Å². The van der Waals surface area contributed by atoms with Crippen LogP contribution in [0.1, 0.15) is 33.6 Å². The molecule has 0 aromatic carbocycles. The van der Waals surface area contributed by atoms with Crippen molar-refractivity contribution in [1.82, 2.24) is 0 Å². The summed E-state index contributed by atoms with van der Waals surface area (Å²) in [6.07, 6.45) is 7.80. The predicted octanol–water partition coefficient (Wildman–Crippen LogP) is 1.94. The lowest BCUT2D eigenvalue weighted by Gasteiger charge is -1.95. The van der Waals surface area contributed by atoms with Crippen molar-refractivity contribution in [2.24, 2.45) is 21.7 Å². The summed E-state index contributed by atoms with van der Waals surface area (Å²) in [5.41, 5.74) is 12.8. The molecule has 0 aliphatic carbocycles. The fraction of sp³-hybridized carbons (Fsp3) is 0.455. The zero-order valence-electron chi connectivity index (χ0n) is 9.70. The minimum atomic E-state index is -0.0261. The summed E-state index contributed by atoms with van der Waals surface area (Å²) in [5, 5.41) is 7.17. The molecule has 0 amide bonds. The number of guanidine groups is 1. The molecule has 0 aromatic heterocycles. The Morgan fingerprint density at radius 3 is 2.40 bits per heavy atom. The number of allylic oxidation sites excluding steroid dienone is 4. The molecule has 0 heterocycles. The van der Waals surface area contributed by atoms with Gasteiger partial charge in [-0.1, -0.05) is 17.2 Å². The second kappa shape index (κ2) is 7.79. The molecule has 0 spiro atoms. The number of rotatable bonds is 5. The van der Waals surface area contributed by atoms with Crippen LogP contribution < -0.4 is 11.5 Å². The minimum Gasteiger partial charge on any atom is -0.369 e. The van der Waals surface area contributed by atoms with Gasteiger partial charge < -0.3 is 11.5 Å². The molecule has 0 aliphatic rings. The van der Waals surface area contributed by atoms with Crippen molar-refractivity contribution in [2.45, 2.75) is 33.6 Å². The Hall–Kier alpha value is -1.58. The summed E-state index contributed by atoms with van der Waals surface area (Å²) in [6, 6.07) is 0. The summed E-state index contributed by atoms with van der Waals surface area (Å²) >= 11 is 0. The molecule has 4 nitrogen and oxygen atoms in total. The first-order valence-corrected chi connectivity index (χ1v) is 4.93. The van der Waals surface area contributed by atoms with E-state index in [1.165, 1.54) is 11.1 Å². The zero-order valence-corrected chi connectivity index (χ0v) is 9.70. The first kappa shape index (κ1) is 13.4. The Morgan fingerprint density at radius 1 is 1.20 bits per heavy atom. The number of nitrogens with zero attached hydrogens (tertiary/aromatic N) is 2. The predicted molar refractivity (Wildman–Crippen MR) is 66.7 cm³/mol. The normalized spacial score (nSPS) is 11.5. The van der Waals surface area contributed by atoms with E-state index >= 15 is 0 Å². The van der Waals surface area contributed by atoms with Crippen LogP contribution >= 0.6 is 0 Å². The van der Waals surface area contributed by atoms with Crippen molar-refractivity contribution in [3.63, 3.8) is 0 Å². The van der Waals surface area contributed by atoms with Crippen LogP contribution in [-0.2, 0) is 0 Å². The van der Waals surface area contributed by atoms with Gasteiger partial charge in [-0.3, -0.25) is 0 Å². The smallest absolute Gasteiger partial charge is 0.211 e. The van der Waals surface area contributed by atoms with Crippen molar-refractivity contribution < 1.29 is 0 Å². The Morgan fingerprint density at radius 2 is 1.87 bits per heavy atom. The topological polar surface area (TPSA) is 76.8 Å². The van der Waals surface area contributed by atoms with Crippen LogP contribution in [0.25, 0.3) is 0 Å². The van der Waals surface area contributed by atoms with Gasteiger partial charge >= 0.3 is 0 Å². The zero-order chi connectivity index (χ0) is 11.7. The van der Waals surface area contributed by atoms with E-state index in [2.05, 4.69) is 37.1 Å². The average Bonchev–Trinajstić information content (AvgIpc) is 2.11. The summed E-state index contributed by atoms with van der Waals surface area (Å²) in [4.78, 5) is 0. The molecule has 0 aromatic rings. The highest BCUT2D eigenvalue weighted by Crippen LogP contribution is 2.05. The van der Waals surface area contributed by atoms with E-state index in [-0.39, 0.29) is 5.96 Å². The van der Waals surface area contributed by atoms with Gasteiger partial charge in [-0.2, -0.15) is 5.10 Å². The van der Waals surface area contributed by atoms with Crippen LogP contribution in [0, 0.1) is 0 Å². The maximum absolute atomic E-state index is 5.11. The van der Waals surface area contributed by atoms with E-state index in [1.807, 2.05) is 6.08 Å². The molecule has 0 atom stereocenters. The van der Waals surface area contributed by atoms with Crippen molar-refractivity contribution in [3.8, 4) is 0 Å². The van der Waals surface area contributed by atoms with E-state index in [0.717, 1.165) is 12.8 Å². The first-order chi connectivity index (χ1) is 7.02. The third-order valence-electron chi connectivity index (χ3n) is 1.69. The first-order valence-electron chi connectivity index (χ1n) is 4.93. The molecule has 0 unspecified atom stereocenters. The summed E-state index contributed by atoms with van der Waals surface area (Å²) in [7, 11) is 0. The molecule has 0 saturated carbocycles. The van der Waals surface area contributed by atoms with E-state index < -0.39 is 0 Å². The quantitative estimate of drug-likeness (QED) is 0.313. The molecule has 4 heteroatoms. The van der Waals surface area contributed by atoms with Gasteiger partial charge in [0.2, 0.25) is 5.96 Å². The molecule has 0 saturated heterocycles. The summed E-state index contributed by atoms with van der Waals surface area (Å²) in [6.45, 7) is 6.25. The fourth-order valence-electron chi connectivity index (χ4n) is 0.932. The van der Waals surface area contributed by atoms with E-state index in [0.29, 0.717) is 0 Å². The molecular weight excluding hydrogens is 188 g/mol. The van der Waals surface area contributed by atoms with Crippen LogP contribution in [0.15, 0.2) is 33.5 Å². The molecule has 0 bridgehead atoms. The highest BCUT2D eigenvalue weighted by molar-refractivity contribution is 5.77. The fourth-order valence-corrected chi connectivity index (χ4v) is 0.932. The summed E-state index contributed by atoms with van der Waals surface area (Å²) in [5.74, 6) is -0.0261. The van der Waals surface area contributed by atoms with Crippen LogP contribution in [0.3, 0.4) is 0 Å². The number of hydrogen-bond acceptors (Lipinski definition) is 2. The maximum atomic E-state index is 5.11. The van der Waals surface area contributed by atoms with Gasteiger partial charge in [-0.25, -0.2) is 0 Å². The van der Waals surface area contributed by atoms with Crippen LogP contribution in [0.2, 0.25) is 0 Å². The maximum Gasteiger partial charge on any atom is 0.211 e. The largest absolute Gasteiger partial charge is 0.369 e. The standard InChI is InChI=1S/C11H20N4/c1-9(2)5-4-6-10(3)7-8-14-15-11(12)13/h5,7-8H,4,6H2,1-3H3,(H4,12,13,15)/b10-7-,14-8+. The van der Waals surface area contributed by atoms with Crippen LogP contribution in [-0.4, -0.2) is 12.2 Å². The molecule has 15 heavy (non-hydrogen) atoms. The van der Waals surface area contributed by atoms with Gasteiger partial charge in [-0.15, -0.1) is 5.10 Å². The minimum absolute atomic E-state index is 0.0261. The Balaban J connectivity index is 3.94. The van der Waals surface area contributed by atoms with Crippen LogP contribution in [0.5, 0.6) is 0 Å². The van der Waals surface area contributed by atoms with Crippen LogP contribution in [0.4, 0.5) is 0 Å².